The Kier molecular flexibility index (Phi) is 6.81. The molecule has 0 aliphatic rings. The first-order chi connectivity index (χ1) is 14.1. The molecule has 0 atom stereocenters. The fraction of sp³-hybridized carbons (Fsp3) is 0.158. The van der Waals surface area contributed by atoms with Gasteiger partial charge in [0.25, 0.3) is 5.69 Å². The van der Waals surface area contributed by atoms with E-state index in [0.29, 0.717) is 0 Å². The van der Waals surface area contributed by atoms with Crippen LogP contribution in [0.15, 0.2) is 36.4 Å². The molecule has 30 heavy (non-hydrogen) atoms. The summed E-state index contributed by atoms with van der Waals surface area (Å²) in [6.07, 6.45) is 0. The Morgan fingerprint density at radius 3 is 1.63 bits per heavy atom. The number of non-ortho nitro benzene ring substituents is 1. The number of ether oxygens (including phenoxy) is 4. The van der Waals surface area contributed by atoms with Crippen LogP contribution in [0.5, 0.6) is 23.0 Å². The van der Waals surface area contributed by atoms with Crippen molar-refractivity contribution in [2.24, 2.45) is 0 Å². The molecular formula is C19H15NO10. The van der Waals surface area contributed by atoms with E-state index in [0.717, 1.165) is 45.0 Å². The summed E-state index contributed by atoms with van der Waals surface area (Å²) in [4.78, 5) is 56.8. The standard InChI is InChI=1S/C19H15NO10/c1-10(21)27-16-8-13(9-17(28-11(2)22)18(16)29-12(3)23)19(24)30-15-6-4-14(5-7-15)20(25)26/h4-9H,1-3H3. The van der Waals surface area contributed by atoms with E-state index < -0.39 is 28.8 Å². The molecule has 2 rings (SSSR count). The fourth-order valence-electron chi connectivity index (χ4n) is 2.20. The largest absolute Gasteiger partial charge is 0.423 e. The van der Waals surface area contributed by atoms with E-state index in [9.17, 15) is 29.3 Å². The van der Waals surface area contributed by atoms with Gasteiger partial charge in [0.05, 0.1) is 10.5 Å². The summed E-state index contributed by atoms with van der Waals surface area (Å²) < 4.78 is 20.0. The van der Waals surface area contributed by atoms with Crippen LogP contribution in [-0.2, 0) is 14.4 Å². The van der Waals surface area contributed by atoms with Crippen LogP contribution in [0, 0.1) is 10.1 Å². The molecular weight excluding hydrogens is 402 g/mol. The highest BCUT2D eigenvalue weighted by Gasteiger charge is 2.23. The lowest BCUT2D eigenvalue weighted by atomic mass is 10.1. The number of esters is 4. The van der Waals surface area contributed by atoms with Gasteiger partial charge in [0.1, 0.15) is 5.75 Å². The van der Waals surface area contributed by atoms with Gasteiger partial charge in [0.15, 0.2) is 11.5 Å². The first-order valence-electron chi connectivity index (χ1n) is 8.26. The molecule has 0 fully saturated rings. The number of nitrogens with zero attached hydrogens (tertiary/aromatic N) is 1. The van der Waals surface area contributed by atoms with Crippen molar-refractivity contribution in [1.82, 2.24) is 0 Å². The van der Waals surface area contributed by atoms with Crippen molar-refractivity contribution in [3.8, 4) is 23.0 Å². The highest BCUT2D eigenvalue weighted by molar-refractivity contribution is 5.93. The van der Waals surface area contributed by atoms with Crippen LogP contribution < -0.4 is 18.9 Å². The maximum atomic E-state index is 12.5. The van der Waals surface area contributed by atoms with Crippen molar-refractivity contribution in [2.45, 2.75) is 20.8 Å². The summed E-state index contributed by atoms with van der Waals surface area (Å²) in [7, 11) is 0. The van der Waals surface area contributed by atoms with Crippen molar-refractivity contribution in [1.29, 1.82) is 0 Å². The van der Waals surface area contributed by atoms with E-state index in [-0.39, 0.29) is 34.2 Å². The van der Waals surface area contributed by atoms with Gasteiger partial charge in [-0.1, -0.05) is 0 Å². The van der Waals surface area contributed by atoms with Gasteiger partial charge in [-0.25, -0.2) is 4.79 Å². The van der Waals surface area contributed by atoms with Crippen molar-refractivity contribution in [3.05, 3.63) is 52.1 Å². The van der Waals surface area contributed by atoms with E-state index in [2.05, 4.69) is 0 Å². The molecule has 0 aliphatic carbocycles. The topological polar surface area (TPSA) is 148 Å². The van der Waals surface area contributed by atoms with Gasteiger partial charge < -0.3 is 18.9 Å². The molecule has 11 nitrogen and oxygen atoms in total. The van der Waals surface area contributed by atoms with Crippen molar-refractivity contribution in [2.75, 3.05) is 0 Å². The fourth-order valence-corrected chi connectivity index (χ4v) is 2.20. The van der Waals surface area contributed by atoms with Crippen LogP contribution in [0.4, 0.5) is 5.69 Å². The molecule has 0 bridgehead atoms. The zero-order chi connectivity index (χ0) is 22.4. The minimum atomic E-state index is -0.958. The van der Waals surface area contributed by atoms with Crippen LogP contribution in [0.2, 0.25) is 0 Å². The smallest absolute Gasteiger partial charge is 0.343 e. The molecule has 0 radical (unpaired) electrons. The Morgan fingerprint density at radius 1 is 0.767 bits per heavy atom. The first-order valence-corrected chi connectivity index (χ1v) is 8.26. The highest BCUT2D eigenvalue weighted by Crippen LogP contribution is 2.39. The lowest BCUT2D eigenvalue weighted by molar-refractivity contribution is -0.384. The number of hydrogen-bond donors (Lipinski definition) is 0. The molecule has 2 aromatic carbocycles. The summed E-state index contributed by atoms with van der Waals surface area (Å²) >= 11 is 0. The van der Waals surface area contributed by atoms with Crippen LogP contribution in [0.25, 0.3) is 0 Å². The molecule has 156 valence electrons. The number of carbonyl (C=O) groups is 4. The van der Waals surface area contributed by atoms with Crippen LogP contribution >= 0.6 is 0 Å². The summed E-state index contributed by atoms with van der Waals surface area (Å²) in [6, 6.07) is 6.81. The Labute approximate surface area is 169 Å². The predicted octanol–water partition coefficient (Wildman–Crippen LogP) is 2.59. The number of carbonyl (C=O) groups excluding carboxylic acids is 4. The van der Waals surface area contributed by atoms with Crippen LogP contribution in [0.3, 0.4) is 0 Å². The lowest BCUT2D eigenvalue weighted by Gasteiger charge is -2.14. The molecule has 0 unspecified atom stereocenters. The molecule has 0 spiro atoms. The van der Waals surface area contributed by atoms with Crippen LogP contribution in [-0.4, -0.2) is 28.8 Å². The third-order valence-electron chi connectivity index (χ3n) is 3.27. The second-order valence-electron chi connectivity index (χ2n) is 5.72. The second-order valence-corrected chi connectivity index (χ2v) is 5.72. The first kappa shape index (κ1) is 22.0. The van der Waals surface area contributed by atoms with Crippen LogP contribution in [0.1, 0.15) is 31.1 Å². The van der Waals surface area contributed by atoms with Gasteiger partial charge in [0.2, 0.25) is 5.75 Å². The molecule has 0 heterocycles. The van der Waals surface area contributed by atoms with E-state index in [1.165, 1.54) is 12.1 Å². The Bertz CT molecular complexity index is 989. The molecule has 0 saturated carbocycles. The molecule has 0 aromatic heterocycles. The molecule has 0 saturated heterocycles. The van der Waals surface area contributed by atoms with Gasteiger partial charge in [-0.3, -0.25) is 24.5 Å². The number of hydrogen-bond acceptors (Lipinski definition) is 10. The highest BCUT2D eigenvalue weighted by atomic mass is 16.6. The van der Waals surface area contributed by atoms with Crippen molar-refractivity contribution < 1.29 is 43.0 Å². The summed E-state index contributed by atoms with van der Waals surface area (Å²) in [5.74, 6) is -4.43. The predicted molar refractivity (Wildman–Crippen MR) is 98.4 cm³/mol. The van der Waals surface area contributed by atoms with E-state index >= 15 is 0 Å². The number of nitro benzene ring substituents is 1. The Morgan fingerprint density at radius 2 is 1.23 bits per heavy atom. The third-order valence-corrected chi connectivity index (χ3v) is 3.27. The maximum Gasteiger partial charge on any atom is 0.343 e. The molecule has 0 aliphatic heterocycles. The Balaban J connectivity index is 2.45. The minimum absolute atomic E-state index is 0.00210. The molecule has 11 heteroatoms. The molecule has 2 aromatic rings. The average molecular weight is 417 g/mol. The average Bonchev–Trinajstić information content (AvgIpc) is 2.63. The van der Waals surface area contributed by atoms with Crippen molar-refractivity contribution >= 4 is 29.6 Å². The van der Waals surface area contributed by atoms with Gasteiger partial charge in [-0.05, 0) is 24.3 Å². The number of rotatable bonds is 6. The zero-order valence-electron chi connectivity index (χ0n) is 16.0. The van der Waals surface area contributed by atoms with Gasteiger partial charge in [-0.15, -0.1) is 0 Å². The van der Waals surface area contributed by atoms with Gasteiger partial charge >= 0.3 is 23.9 Å². The van der Waals surface area contributed by atoms with Crippen molar-refractivity contribution in [3.63, 3.8) is 0 Å². The molecule has 0 N–H and O–H groups in total. The molecule has 0 amide bonds. The van der Waals surface area contributed by atoms with E-state index in [1.54, 1.807) is 0 Å². The zero-order valence-corrected chi connectivity index (χ0v) is 16.0. The lowest BCUT2D eigenvalue weighted by Crippen LogP contribution is -2.14. The quantitative estimate of drug-likeness (QED) is 0.297. The third kappa shape index (κ3) is 5.86. The number of benzene rings is 2. The van der Waals surface area contributed by atoms with Gasteiger partial charge in [0, 0.05) is 32.9 Å². The van der Waals surface area contributed by atoms with Gasteiger partial charge in [-0.2, -0.15) is 0 Å². The summed E-state index contributed by atoms with van der Waals surface area (Å²) in [5.41, 5.74) is -0.411. The Hall–Kier alpha value is -4.28. The second kappa shape index (κ2) is 9.28. The monoisotopic (exact) mass is 417 g/mol. The van der Waals surface area contributed by atoms with E-state index in [1.807, 2.05) is 0 Å². The van der Waals surface area contributed by atoms with E-state index in [4.69, 9.17) is 18.9 Å². The number of nitro groups is 1. The maximum absolute atomic E-state index is 12.5. The normalized spacial score (nSPS) is 9.97. The summed E-state index contributed by atoms with van der Waals surface area (Å²) in [6.45, 7) is 3.22. The summed E-state index contributed by atoms with van der Waals surface area (Å²) in [5, 5.41) is 10.7. The SMILES string of the molecule is CC(=O)Oc1cc(C(=O)Oc2ccc([N+](=O)[O-])cc2)cc(OC(C)=O)c1OC(C)=O. The minimum Gasteiger partial charge on any atom is -0.423 e.